The van der Waals surface area contributed by atoms with Gasteiger partial charge in [-0.3, -0.25) is 37.3 Å². The molecule has 0 heterocycles. The Morgan fingerprint density at radius 3 is 0.755 bits per heavy atom. The van der Waals surface area contributed by atoms with E-state index in [9.17, 15) is 43.2 Å². The Bertz CT molecular complexity index is 1850. The molecule has 0 aromatic carbocycles. The van der Waals surface area contributed by atoms with E-state index in [1.165, 1.54) is 173 Å². The molecule has 6 atom stereocenters. The van der Waals surface area contributed by atoms with Gasteiger partial charge in [0.1, 0.15) is 19.3 Å². The molecule has 0 aliphatic rings. The Balaban J connectivity index is 5.14. The lowest BCUT2D eigenvalue weighted by Crippen LogP contribution is -2.30. The first kappa shape index (κ1) is 92.1. The Hall–Kier alpha value is -1.94. The van der Waals surface area contributed by atoms with Gasteiger partial charge in [-0.1, -0.05) is 325 Å². The summed E-state index contributed by atoms with van der Waals surface area (Å²) in [6.07, 6.45) is 48.9. The van der Waals surface area contributed by atoms with E-state index in [-0.39, 0.29) is 25.7 Å². The first-order valence-electron chi connectivity index (χ1n) is 38.7. The third-order valence-electron chi connectivity index (χ3n) is 17.7. The standard InChI is InChI=1S/C75H146O17P2/c1-9-68(8)54-46-38-28-24-20-16-13-14-17-21-25-29-39-47-55-72(77)85-61-71(92-75(80)58-50-42-34-32-37-45-53-67(6)7)64-90-94(83,84)88-60-69(76)59-87-93(81,82)89-63-70(62-86-73(78)56-48-40-33-31-36-44-52-66(4)5)91-74(79)57-49-41-30-26-22-18-12-10-11-15-19-23-27-35-43-51-65(2)3/h65-71,76H,9-64H2,1-8H3,(H,81,82)(H,83,84)/t68?,69?,70-,71-/m1/s1. The number of unbranched alkanes of at least 4 members (excludes halogenated alkanes) is 37. The third kappa shape index (κ3) is 67.3. The molecule has 0 aromatic heterocycles. The quantitative estimate of drug-likeness (QED) is 0.0222. The van der Waals surface area contributed by atoms with E-state index in [0.717, 1.165) is 108 Å². The van der Waals surface area contributed by atoms with Crippen molar-refractivity contribution in [2.45, 2.75) is 395 Å². The van der Waals surface area contributed by atoms with Gasteiger partial charge in [-0.25, -0.2) is 9.13 Å². The molecule has 0 bridgehead atoms. The van der Waals surface area contributed by atoms with Gasteiger partial charge in [0.15, 0.2) is 12.2 Å². The number of carbonyl (C=O) groups is 4. The van der Waals surface area contributed by atoms with E-state index in [2.05, 4.69) is 55.4 Å². The zero-order valence-electron chi connectivity index (χ0n) is 61.6. The van der Waals surface area contributed by atoms with Gasteiger partial charge in [0, 0.05) is 25.7 Å². The van der Waals surface area contributed by atoms with Crippen molar-refractivity contribution in [3.8, 4) is 0 Å². The van der Waals surface area contributed by atoms with E-state index < -0.39 is 97.5 Å². The molecule has 17 nitrogen and oxygen atoms in total. The monoisotopic (exact) mass is 1380 g/mol. The van der Waals surface area contributed by atoms with Crippen molar-refractivity contribution in [3.05, 3.63) is 0 Å². The van der Waals surface area contributed by atoms with Crippen molar-refractivity contribution < 1.29 is 80.2 Å². The van der Waals surface area contributed by atoms with Gasteiger partial charge in [-0.2, -0.15) is 0 Å². The van der Waals surface area contributed by atoms with Gasteiger partial charge in [0.05, 0.1) is 26.4 Å². The van der Waals surface area contributed by atoms with Crippen molar-refractivity contribution >= 4 is 39.5 Å². The fraction of sp³-hybridized carbons (Fsp3) is 0.947. The molecule has 0 aliphatic carbocycles. The number of rotatable bonds is 72. The van der Waals surface area contributed by atoms with E-state index in [0.29, 0.717) is 37.5 Å². The van der Waals surface area contributed by atoms with Crippen LogP contribution in [0, 0.1) is 23.7 Å². The van der Waals surface area contributed by atoms with Crippen LogP contribution in [-0.4, -0.2) is 96.7 Å². The summed E-state index contributed by atoms with van der Waals surface area (Å²) in [5.74, 6) is 0.872. The van der Waals surface area contributed by atoms with Crippen LogP contribution in [0.25, 0.3) is 0 Å². The van der Waals surface area contributed by atoms with Gasteiger partial charge < -0.3 is 33.8 Å². The number of ether oxygens (including phenoxy) is 4. The van der Waals surface area contributed by atoms with Crippen molar-refractivity contribution in [2.75, 3.05) is 39.6 Å². The summed E-state index contributed by atoms with van der Waals surface area (Å²) >= 11 is 0. The Labute approximate surface area is 575 Å². The van der Waals surface area contributed by atoms with Crippen LogP contribution in [0.5, 0.6) is 0 Å². The summed E-state index contributed by atoms with van der Waals surface area (Å²) in [4.78, 5) is 72.6. The maximum Gasteiger partial charge on any atom is 0.472 e. The zero-order chi connectivity index (χ0) is 69.6. The summed E-state index contributed by atoms with van der Waals surface area (Å²) in [5.41, 5.74) is 0. The van der Waals surface area contributed by atoms with Crippen molar-refractivity contribution in [1.82, 2.24) is 0 Å². The average molecular weight is 1380 g/mol. The van der Waals surface area contributed by atoms with E-state index >= 15 is 0 Å². The van der Waals surface area contributed by atoms with Crippen molar-refractivity contribution in [1.29, 1.82) is 0 Å². The number of phosphoric ester groups is 2. The zero-order valence-corrected chi connectivity index (χ0v) is 63.4. The van der Waals surface area contributed by atoms with E-state index in [1.54, 1.807) is 0 Å². The molecule has 0 aromatic rings. The van der Waals surface area contributed by atoms with Gasteiger partial charge in [0.25, 0.3) is 0 Å². The molecule has 19 heteroatoms. The topological polar surface area (TPSA) is 237 Å². The Kier molecular flexibility index (Phi) is 63.1. The highest BCUT2D eigenvalue weighted by atomic mass is 31.2. The highest BCUT2D eigenvalue weighted by molar-refractivity contribution is 7.47. The molecule has 3 N–H and O–H groups in total. The molecule has 0 saturated heterocycles. The summed E-state index contributed by atoms with van der Waals surface area (Å²) in [6, 6.07) is 0. The van der Waals surface area contributed by atoms with Crippen molar-refractivity contribution in [3.63, 3.8) is 0 Å². The molecule has 0 spiro atoms. The number of hydrogen-bond acceptors (Lipinski definition) is 15. The second-order valence-corrected chi connectivity index (χ2v) is 31.6. The molecule has 558 valence electrons. The van der Waals surface area contributed by atoms with Crippen LogP contribution in [0.2, 0.25) is 0 Å². The molecular formula is C75H146O17P2. The molecular weight excluding hydrogens is 1230 g/mol. The van der Waals surface area contributed by atoms with Gasteiger partial charge in [-0.15, -0.1) is 0 Å². The fourth-order valence-electron chi connectivity index (χ4n) is 11.3. The lowest BCUT2D eigenvalue weighted by molar-refractivity contribution is -0.161. The summed E-state index contributed by atoms with van der Waals surface area (Å²) in [7, 11) is -9.91. The summed E-state index contributed by atoms with van der Waals surface area (Å²) < 4.78 is 68.4. The minimum atomic E-state index is -4.95. The largest absolute Gasteiger partial charge is 0.472 e. The lowest BCUT2D eigenvalue weighted by Gasteiger charge is -2.21. The smallest absolute Gasteiger partial charge is 0.462 e. The summed E-state index contributed by atoms with van der Waals surface area (Å²) in [5, 5.41) is 10.6. The van der Waals surface area contributed by atoms with Crippen molar-refractivity contribution in [2.24, 2.45) is 23.7 Å². The van der Waals surface area contributed by atoms with Gasteiger partial charge in [0.2, 0.25) is 0 Å². The molecule has 0 fully saturated rings. The summed E-state index contributed by atoms with van der Waals surface area (Å²) in [6.45, 7) is 14.1. The van der Waals surface area contributed by atoms with Crippen LogP contribution in [-0.2, 0) is 65.4 Å². The number of hydrogen-bond donors (Lipinski definition) is 3. The third-order valence-corrected chi connectivity index (χ3v) is 19.6. The van der Waals surface area contributed by atoms with E-state index in [4.69, 9.17) is 37.0 Å². The average Bonchev–Trinajstić information content (AvgIpc) is 1.50. The van der Waals surface area contributed by atoms with Crippen LogP contribution in [0.1, 0.15) is 376 Å². The van der Waals surface area contributed by atoms with Crippen LogP contribution < -0.4 is 0 Å². The second-order valence-electron chi connectivity index (χ2n) is 28.7. The van der Waals surface area contributed by atoms with Crippen LogP contribution >= 0.6 is 15.6 Å². The maximum atomic E-state index is 13.0. The number of phosphoric acid groups is 2. The predicted octanol–water partition coefficient (Wildman–Crippen LogP) is 21.7. The molecule has 0 rings (SSSR count). The predicted molar refractivity (Wildman–Crippen MR) is 381 cm³/mol. The highest BCUT2D eigenvalue weighted by Gasteiger charge is 2.30. The van der Waals surface area contributed by atoms with Crippen LogP contribution in [0.3, 0.4) is 0 Å². The Morgan fingerprint density at radius 1 is 0.298 bits per heavy atom. The van der Waals surface area contributed by atoms with E-state index in [1.807, 2.05) is 0 Å². The fourth-order valence-corrected chi connectivity index (χ4v) is 12.9. The van der Waals surface area contributed by atoms with Crippen LogP contribution in [0.15, 0.2) is 0 Å². The molecule has 0 amide bonds. The minimum Gasteiger partial charge on any atom is -0.462 e. The number of esters is 4. The molecule has 0 saturated carbocycles. The molecule has 4 unspecified atom stereocenters. The minimum absolute atomic E-state index is 0.102. The van der Waals surface area contributed by atoms with Gasteiger partial charge in [-0.05, 0) is 49.4 Å². The Morgan fingerprint density at radius 2 is 0.511 bits per heavy atom. The number of aliphatic hydroxyl groups excluding tert-OH is 1. The number of carbonyl (C=O) groups excluding carboxylic acids is 4. The normalized spacial score (nSPS) is 14.4. The SMILES string of the molecule is CCC(C)CCCCCCCCCCCCCCCCC(=O)OC[C@H](COP(=O)(O)OCC(O)COP(=O)(O)OC[C@@H](COC(=O)CCCCCCCCC(C)C)OC(=O)CCCCCCCCCCCCCCCCCC(C)C)OC(=O)CCCCCCCCC(C)C. The first-order valence-corrected chi connectivity index (χ1v) is 41.7. The molecule has 94 heavy (non-hydrogen) atoms. The number of aliphatic hydroxyl groups is 1. The lowest BCUT2D eigenvalue weighted by atomic mass is 9.99. The van der Waals surface area contributed by atoms with Gasteiger partial charge >= 0.3 is 39.5 Å². The maximum absolute atomic E-state index is 13.0. The van der Waals surface area contributed by atoms with Crippen LogP contribution in [0.4, 0.5) is 0 Å². The first-order chi connectivity index (χ1) is 45.1. The highest BCUT2D eigenvalue weighted by Crippen LogP contribution is 2.45. The molecule has 0 aliphatic heterocycles. The second kappa shape index (κ2) is 64.4. The molecule has 0 radical (unpaired) electrons.